The van der Waals surface area contributed by atoms with E-state index in [0.29, 0.717) is 0 Å². The van der Waals surface area contributed by atoms with E-state index < -0.39 is 0 Å². The van der Waals surface area contributed by atoms with Crippen molar-refractivity contribution >= 4 is 27.3 Å². The molecule has 0 amide bonds. The zero-order valence-corrected chi connectivity index (χ0v) is 6.25. The fraction of sp³-hybridized carbons (Fsp3) is 0. The zero-order valence-electron chi connectivity index (χ0n) is 4.67. The Morgan fingerprint density at radius 2 is 1.78 bits per heavy atom. The van der Waals surface area contributed by atoms with Gasteiger partial charge in [-0.1, -0.05) is 0 Å². The molecule has 1 aromatic carbocycles. The molecule has 1 rings (SSSR count). The Balaban J connectivity index is 2.88. The van der Waals surface area contributed by atoms with E-state index in [4.69, 9.17) is 16.4 Å². The highest BCUT2D eigenvalue weighted by atomic mass is 35.7. The molecule has 0 aromatic heterocycles. The van der Waals surface area contributed by atoms with Gasteiger partial charge in [0.1, 0.15) is 0 Å². The molecular weight excluding hydrogens is 154 g/mol. The van der Waals surface area contributed by atoms with Crippen LogP contribution in [0.4, 0.5) is 5.69 Å². The van der Waals surface area contributed by atoms with E-state index in [2.05, 4.69) is 0 Å². The summed E-state index contributed by atoms with van der Waals surface area (Å²) in [6.45, 7) is 0. The monoisotopic (exact) mass is 159 g/mol. The molecule has 1 aromatic rings. The van der Waals surface area contributed by atoms with Crippen LogP contribution in [0.3, 0.4) is 0 Å². The summed E-state index contributed by atoms with van der Waals surface area (Å²) < 4.78 is 0. The lowest BCUT2D eigenvalue weighted by Crippen LogP contribution is -1.81. The molecule has 0 saturated heterocycles. The molecule has 0 aliphatic rings. The van der Waals surface area contributed by atoms with Crippen LogP contribution in [0.2, 0.25) is 0 Å². The van der Waals surface area contributed by atoms with E-state index in [1.165, 1.54) is 11.0 Å². The third-order valence-electron chi connectivity index (χ3n) is 0.969. The number of benzene rings is 1. The standard InChI is InChI=1S/C6H6ClNS/c7-9-6-3-1-5(8)2-4-6/h1-4H,8H2. The van der Waals surface area contributed by atoms with Crippen LogP contribution < -0.4 is 5.73 Å². The summed E-state index contributed by atoms with van der Waals surface area (Å²) in [7, 11) is 6.65. The van der Waals surface area contributed by atoms with E-state index in [-0.39, 0.29) is 0 Å². The maximum absolute atomic E-state index is 5.46. The Bertz CT molecular complexity index is 185. The number of rotatable bonds is 1. The number of hydrogen-bond acceptors (Lipinski definition) is 2. The average molecular weight is 160 g/mol. The van der Waals surface area contributed by atoms with Gasteiger partial charge in [-0.3, -0.25) is 0 Å². The van der Waals surface area contributed by atoms with Crippen LogP contribution in [0.1, 0.15) is 0 Å². The highest BCUT2D eigenvalue weighted by Crippen LogP contribution is 2.21. The van der Waals surface area contributed by atoms with Gasteiger partial charge < -0.3 is 5.73 Å². The molecule has 1 nitrogen and oxygen atoms in total. The number of nitrogen functional groups attached to an aromatic ring is 1. The fourth-order valence-corrected chi connectivity index (χ4v) is 1.07. The van der Waals surface area contributed by atoms with Crippen LogP contribution in [0, 0.1) is 0 Å². The maximum Gasteiger partial charge on any atom is 0.0314 e. The molecule has 0 atom stereocenters. The van der Waals surface area contributed by atoms with Crippen LogP contribution >= 0.6 is 21.7 Å². The molecular formula is C6H6ClNS. The molecule has 0 fully saturated rings. The average Bonchev–Trinajstić information content (AvgIpc) is 1.90. The van der Waals surface area contributed by atoms with Crippen LogP contribution in [0.15, 0.2) is 29.2 Å². The molecule has 0 spiro atoms. The summed E-state index contributed by atoms with van der Waals surface area (Å²) in [5, 5.41) is 0. The largest absolute Gasteiger partial charge is 0.399 e. The Morgan fingerprint density at radius 1 is 1.22 bits per heavy atom. The predicted octanol–water partition coefficient (Wildman–Crippen LogP) is 2.51. The van der Waals surface area contributed by atoms with E-state index in [1.54, 1.807) is 0 Å². The van der Waals surface area contributed by atoms with Crippen molar-refractivity contribution in [3.63, 3.8) is 0 Å². The number of hydrogen-bond donors (Lipinski definition) is 1. The molecule has 9 heavy (non-hydrogen) atoms. The van der Waals surface area contributed by atoms with Gasteiger partial charge in [-0.25, -0.2) is 0 Å². The van der Waals surface area contributed by atoms with E-state index in [9.17, 15) is 0 Å². The molecule has 0 aliphatic heterocycles. The maximum atomic E-state index is 5.46. The quantitative estimate of drug-likeness (QED) is 0.638. The van der Waals surface area contributed by atoms with Crippen LogP contribution in [-0.4, -0.2) is 0 Å². The summed E-state index contributed by atoms with van der Waals surface area (Å²) in [5.41, 5.74) is 6.20. The number of nitrogens with two attached hydrogens (primary N) is 1. The third kappa shape index (κ3) is 1.80. The van der Waals surface area contributed by atoms with Crippen molar-refractivity contribution in [1.82, 2.24) is 0 Å². The minimum absolute atomic E-state index is 0.768. The minimum atomic E-state index is 0.768. The lowest BCUT2D eigenvalue weighted by molar-refractivity contribution is 1.48. The SMILES string of the molecule is Nc1ccc(SCl)cc1. The Kier molecular flexibility index (Phi) is 2.25. The van der Waals surface area contributed by atoms with Crippen LogP contribution in [0.25, 0.3) is 0 Å². The van der Waals surface area contributed by atoms with E-state index in [1.807, 2.05) is 24.3 Å². The number of halogens is 1. The first kappa shape index (κ1) is 6.78. The predicted molar refractivity (Wildman–Crippen MR) is 42.6 cm³/mol. The zero-order chi connectivity index (χ0) is 6.69. The minimum Gasteiger partial charge on any atom is -0.399 e. The summed E-state index contributed by atoms with van der Waals surface area (Å²) in [6.07, 6.45) is 0. The molecule has 0 aliphatic carbocycles. The van der Waals surface area contributed by atoms with Crippen molar-refractivity contribution in [3.05, 3.63) is 24.3 Å². The second-order valence-electron chi connectivity index (χ2n) is 1.65. The highest BCUT2D eigenvalue weighted by Gasteiger charge is 1.87. The summed E-state index contributed by atoms with van der Waals surface area (Å²) in [4.78, 5) is 1.02. The Morgan fingerprint density at radius 3 is 2.22 bits per heavy atom. The lowest BCUT2D eigenvalue weighted by Gasteiger charge is -1.92. The number of anilines is 1. The van der Waals surface area contributed by atoms with Gasteiger partial charge in [-0.05, 0) is 45.9 Å². The molecule has 2 N–H and O–H groups in total. The lowest BCUT2D eigenvalue weighted by atomic mass is 10.3. The second kappa shape index (κ2) is 2.99. The van der Waals surface area contributed by atoms with Crippen molar-refractivity contribution < 1.29 is 0 Å². The van der Waals surface area contributed by atoms with Gasteiger partial charge in [0.25, 0.3) is 0 Å². The van der Waals surface area contributed by atoms with Gasteiger partial charge in [0.15, 0.2) is 0 Å². The normalized spacial score (nSPS) is 9.44. The smallest absolute Gasteiger partial charge is 0.0314 e. The fourth-order valence-electron chi connectivity index (χ4n) is 0.519. The third-order valence-corrected chi connectivity index (χ3v) is 1.95. The summed E-state index contributed by atoms with van der Waals surface area (Å²) in [6, 6.07) is 7.41. The van der Waals surface area contributed by atoms with E-state index in [0.717, 1.165) is 10.6 Å². The Hall–Kier alpha value is -0.340. The van der Waals surface area contributed by atoms with Crippen molar-refractivity contribution in [3.8, 4) is 0 Å². The Labute approximate surface area is 62.7 Å². The van der Waals surface area contributed by atoms with Gasteiger partial charge in [0.2, 0.25) is 0 Å². The van der Waals surface area contributed by atoms with E-state index >= 15 is 0 Å². The van der Waals surface area contributed by atoms with Crippen LogP contribution in [-0.2, 0) is 0 Å². The molecule has 3 heteroatoms. The van der Waals surface area contributed by atoms with Crippen LogP contribution in [0.5, 0.6) is 0 Å². The first-order valence-electron chi connectivity index (χ1n) is 2.47. The molecule has 0 bridgehead atoms. The van der Waals surface area contributed by atoms with Crippen molar-refractivity contribution in [1.29, 1.82) is 0 Å². The first-order chi connectivity index (χ1) is 4.33. The molecule has 0 heterocycles. The molecule has 0 saturated carbocycles. The summed E-state index contributed by atoms with van der Waals surface area (Å²) in [5.74, 6) is 0. The van der Waals surface area contributed by atoms with Crippen molar-refractivity contribution in [2.75, 3.05) is 5.73 Å². The van der Waals surface area contributed by atoms with Crippen molar-refractivity contribution in [2.24, 2.45) is 0 Å². The van der Waals surface area contributed by atoms with Gasteiger partial charge in [-0.2, -0.15) is 0 Å². The van der Waals surface area contributed by atoms with Gasteiger partial charge in [0.05, 0.1) is 0 Å². The molecule has 48 valence electrons. The first-order valence-corrected chi connectivity index (χ1v) is 4.11. The second-order valence-corrected chi connectivity index (χ2v) is 2.73. The van der Waals surface area contributed by atoms with Crippen molar-refractivity contribution in [2.45, 2.75) is 4.90 Å². The molecule has 0 radical (unpaired) electrons. The molecule has 0 unspecified atom stereocenters. The topological polar surface area (TPSA) is 26.0 Å². The van der Waals surface area contributed by atoms with Gasteiger partial charge in [0, 0.05) is 10.6 Å². The summed E-state index contributed by atoms with van der Waals surface area (Å²) >= 11 is 0. The van der Waals surface area contributed by atoms with Gasteiger partial charge >= 0.3 is 0 Å². The van der Waals surface area contributed by atoms with Gasteiger partial charge in [-0.15, -0.1) is 0 Å². The highest BCUT2D eigenvalue weighted by molar-refractivity contribution is 8.21.